The van der Waals surface area contributed by atoms with Crippen molar-refractivity contribution in [2.75, 3.05) is 6.54 Å². The lowest BCUT2D eigenvalue weighted by atomic mass is 9.97. The lowest BCUT2D eigenvalue weighted by molar-refractivity contribution is 0.463. The van der Waals surface area contributed by atoms with Crippen LogP contribution in [0.25, 0.3) is 0 Å². The molecule has 3 heteroatoms. The second-order valence-corrected chi connectivity index (χ2v) is 5.85. The molecule has 1 aromatic rings. The molecule has 1 atom stereocenters. The van der Waals surface area contributed by atoms with Gasteiger partial charge >= 0.3 is 0 Å². The zero-order chi connectivity index (χ0) is 13.8. The number of halogens is 2. The van der Waals surface area contributed by atoms with Crippen LogP contribution in [0.2, 0.25) is 0 Å². The van der Waals surface area contributed by atoms with E-state index in [0.717, 1.165) is 31.5 Å². The molecule has 0 aromatic heterocycles. The molecule has 0 amide bonds. The maximum atomic E-state index is 13.6. The summed E-state index contributed by atoms with van der Waals surface area (Å²) >= 11 is 0. The van der Waals surface area contributed by atoms with Gasteiger partial charge in [-0.3, -0.25) is 0 Å². The predicted molar refractivity (Wildman–Crippen MR) is 74.2 cm³/mol. The van der Waals surface area contributed by atoms with Crippen LogP contribution in [0.4, 0.5) is 8.78 Å². The van der Waals surface area contributed by atoms with Crippen LogP contribution in [0, 0.1) is 24.5 Å². The van der Waals surface area contributed by atoms with Gasteiger partial charge in [-0.1, -0.05) is 13.0 Å². The first-order chi connectivity index (χ1) is 9.06. The van der Waals surface area contributed by atoms with Gasteiger partial charge in [0.2, 0.25) is 0 Å². The van der Waals surface area contributed by atoms with Gasteiger partial charge in [0, 0.05) is 12.1 Å². The van der Waals surface area contributed by atoms with Crippen LogP contribution < -0.4 is 5.32 Å². The van der Waals surface area contributed by atoms with Crippen molar-refractivity contribution in [3.63, 3.8) is 0 Å². The molecule has 1 aliphatic rings. The van der Waals surface area contributed by atoms with Gasteiger partial charge < -0.3 is 5.32 Å². The van der Waals surface area contributed by atoms with E-state index in [-0.39, 0.29) is 0 Å². The fourth-order valence-corrected chi connectivity index (χ4v) is 2.28. The summed E-state index contributed by atoms with van der Waals surface area (Å²) in [4.78, 5) is 0. The van der Waals surface area contributed by atoms with Crippen LogP contribution in [0.5, 0.6) is 0 Å². The standard InChI is InChI=1S/C16H23F2N/c1-11(7-8-19-14-5-6-14)3-4-13-9-12(2)15(17)10-16(13)18/h9-11,14,19H,3-8H2,1-2H3. The summed E-state index contributed by atoms with van der Waals surface area (Å²) in [6.45, 7) is 4.93. The first-order valence-electron chi connectivity index (χ1n) is 7.24. The smallest absolute Gasteiger partial charge is 0.129 e. The molecule has 1 aromatic carbocycles. The third-order valence-corrected chi connectivity index (χ3v) is 3.88. The Bertz CT molecular complexity index is 427. The van der Waals surface area contributed by atoms with Crippen molar-refractivity contribution < 1.29 is 8.78 Å². The number of nitrogens with one attached hydrogen (secondary N) is 1. The first kappa shape index (κ1) is 14.4. The van der Waals surface area contributed by atoms with Gasteiger partial charge in [0.05, 0.1) is 0 Å². The number of hydrogen-bond acceptors (Lipinski definition) is 1. The zero-order valence-electron chi connectivity index (χ0n) is 11.8. The highest BCUT2D eigenvalue weighted by Gasteiger charge is 2.20. The maximum absolute atomic E-state index is 13.6. The molecule has 0 aliphatic heterocycles. The van der Waals surface area contributed by atoms with E-state index >= 15 is 0 Å². The topological polar surface area (TPSA) is 12.0 Å². The minimum atomic E-state index is -0.456. The Labute approximate surface area is 114 Å². The Morgan fingerprint density at radius 3 is 2.63 bits per heavy atom. The molecule has 0 heterocycles. The van der Waals surface area contributed by atoms with Crippen molar-refractivity contribution in [2.24, 2.45) is 5.92 Å². The van der Waals surface area contributed by atoms with Gasteiger partial charge in [0.1, 0.15) is 11.6 Å². The minimum Gasteiger partial charge on any atom is -0.314 e. The number of aryl methyl sites for hydroxylation is 2. The second-order valence-electron chi connectivity index (χ2n) is 5.85. The molecule has 1 fully saturated rings. The summed E-state index contributed by atoms with van der Waals surface area (Å²) in [6.07, 6.45) is 5.40. The van der Waals surface area contributed by atoms with Crippen LogP contribution in [-0.2, 0) is 6.42 Å². The maximum Gasteiger partial charge on any atom is 0.129 e. The molecule has 1 aliphatic carbocycles. The molecule has 19 heavy (non-hydrogen) atoms. The minimum absolute atomic E-state index is 0.411. The average molecular weight is 267 g/mol. The molecule has 0 radical (unpaired) electrons. The number of benzene rings is 1. The quantitative estimate of drug-likeness (QED) is 0.788. The lowest BCUT2D eigenvalue weighted by Crippen LogP contribution is -2.19. The van der Waals surface area contributed by atoms with Gasteiger partial charge in [0.15, 0.2) is 0 Å². The van der Waals surface area contributed by atoms with Crippen molar-refractivity contribution in [1.82, 2.24) is 5.32 Å². The largest absolute Gasteiger partial charge is 0.314 e. The van der Waals surface area contributed by atoms with Gasteiger partial charge in [-0.25, -0.2) is 8.78 Å². The summed E-state index contributed by atoms with van der Waals surface area (Å²) in [5.74, 6) is -0.301. The normalized spacial score (nSPS) is 16.6. The molecule has 1 unspecified atom stereocenters. The summed E-state index contributed by atoms with van der Waals surface area (Å²) in [6, 6.07) is 3.40. The van der Waals surface area contributed by atoms with Gasteiger partial charge in [-0.2, -0.15) is 0 Å². The van der Waals surface area contributed by atoms with E-state index in [1.165, 1.54) is 12.8 Å². The average Bonchev–Trinajstić information content (AvgIpc) is 3.16. The molecule has 0 spiro atoms. The number of rotatable bonds is 7. The molecule has 0 bridgehead atoms. The fourth-order valence-electron chi connectivity index (χ4n) is 2.28. The van der Waals surface area contributed by atoms with Crippen molar-refractivity contribution in [1.29, 1.82) is 0 Å². The Balaban J connectivity index is 1.75. The Hall–Kier alpha value is -0.960. The van der Waals surface area contributed by atoms with E-state index in [0.29, 0.717) is 23.5 Å². The molecule has 0 saturated heterocycles. The molecule has 1 nitrogen and oxygen atoms in total. The third kappa shape index (κ3) is 4.57. The van der Waals surface area contributed by atoms with E-state index in [9.17, 15) is 8.78 Å². The van der Waals surface area contributed by atoms with Gasteiger partial charge in [0.25, 0.3) is 0 Å². The summed E-state index contributed by atoms with van der Waals surface area (Å²) in [5, 5.41) is 3.49. The zero-order valence-corrected chi connectivity index (χ0v) is 11.8. The monoisotopic (exact) mass is 267 g/mol. The summed E-state index contributed by atoms with van der Waals surface area (Å²) in [7, 11) is 0. The van der Waals surface area contributed by atoms with E-state index in [4.69, 9.17) is 0 Å². The van der Waals surface area contributed by atoms with Crippen LogP contribution in [0.15, 0.2) is 12.1 Å². The van der Waals surface area contributed by atoms with E-state index in [2.05, 4.69) is 12.2 Å². The molecular weight excluding hydrogens is 244 g/mol. The van der Waals surface area contributed by atoms with Crippen LogP contribution >= 0.6 is 0 Å². The van der Waals surface area contributed by atoms with Gasteiger partial charge in [-0.05, 0) is 62.6 Å². The van der Waals surface area contributed by atoms with Crippen molar-refractivity contribution in [3.8, 4) is 0 Å². The Morgan fingerprint density at radius 1 is 1.21 bits per heavy atom. The number of hydrogen-bond donors (Lipinski definition) is 1. The fraction of sp³-hybridized carbons (Fsp3) is 0.625. The highest BCUT2D eigenvalue weighted by molar-refractivity contribution is 5.25. The van der Waals surface area contributed by atoms with Crippen LogP contribution in [-0.4, -0.2) is 12.6 Å². The lowest BCUT2D eigenvalue weighted by Gasteiger charge is -2.12. The predicted octanol–water partition coefficient (Wildman–Crippen LogP) is 3.98. The van der Waals surface area contributed by atoms with Crippen LogP contribution in [0.1, 0.15) is 43.7 Å². The van der Waals surface area contributed by atoms with Crippen molar-refractivity contribution >= 4 is 0 Å². The molecule has 106 valence electrons. The third-order valence-electron chi connectivity index (χ3n) is 3.88. The molecule has 1 N–H and O–H groups in total. The summed E-state index contributed by atoms with van der Waals surface area (Å²) < 4.78 is 26.8. The first-order valence-corrected chi connectivity index (χ1v) is 7.24. The van der Waals surface area contributed by atoms with Crippen molar-refractivity contribution in [2.45, 2.75) is 52.0 Å². The Morgan fingerprint density at radius 2 is 1.95 bits per heavy atom. The van der Waals surface area contributed by atoms with E-state index in [1.807, 2.05) is 0 Å². The SMILES string of the molecule is Cc1cc(CCC(C)CCNC2CC2)c(F)cc1F. The highest BCUT2D eigenvalue weighted by atomic mass is 19.1. The molecule has 1 saturated carbocycles. The Kier molecular flexibility index (Phi) is 4.92. The van der Waals surface area contributed by atoms with Crippen molar-refractivity contribution in [3.05, 3.63) is 34.9 Å². The highest BCUT2D eigenvalue weighted by Crippen LogP contribution is 2.20. The van der Waals surface area contributed by atoms with Crippen LogP contribution in [0.3, 0.4) is 0 Å². The van der Waals surface area contributed by atoms with Gasteiger partial charge in [-0.15, -0.1) is 0 Å². The van der Waals surface area contributed by atoms with E-state index in [1.54, 1.807) is 13.0 Å². The van der Waals surface area contributed by atoms with E-state index < -0.39 is 11.6 Å². The molecular formula is C16H23F2N. The second kappa shape index (κ2) is 6.47. The molecule has 2 rings (SSSR count). The summed E-state index contributed by atoms with van der Waals surface area (Å²) in [5.41, 5.74) is 1.17.